The highest BCUT2D eigenvalue weighted by molar-refractivity contribution is 7.29. The van der Waals surface area contributed by atoms with Crippen molar-refractivity contribution in [3.63, 3.8) is 0 Å². The highest BCUT2D eigenvalue weighted by Crippen LogP contribution is 2.54. The molecule has 1 saturated carbocycles. The third-order valence-electron chi connectivity index (χ3n) is 15.7. The van der Waals surface area contributed by atoms with Crippen LogP contribution in [0.3, 0.4) is 0 Å². The fraction of sp³-hybridized carbons (Fsp3) is 0.587. The number of allylic oxidation sites excluding steroid dienone is 11. The summed E-state index contributed by atoms with van der Waals surface area (Å²) in [5.74, 6) is 2.15. The topological polar surface area (TPSA) is 15.3 Å². The zero-order valence-corrected chi connectivity index (χ0v) is 46.6. The summed E-state index contributed by atoms with van der Waals surface area (Å²) in [6, 6.07) is 5.10. The van der Waals surface area contributed by atoms with Crippen molar-refractivity contribution in [3.05, 3.63) is 133 Å². The van der Waals surface area contributed by atoms with Crippen LogP contribution in [0.25, 0.3) is 10.1 Å². The summed E-state index contributed by atoms with van der Waals surface area (Å²) in [6.45, 7) is 47.0. The van der Waals surface area contributed by atoms with E-state index in [9.17, 15) is 0 Å². The standard InChI is InChI=1S/C63H96BN2S/c1-19-24-29-47(8)30-25-32-49(23-5)66(50(27-20-2)34-42-65-43-35-53-52(28-21-3)60(11,12)38-39-61(53,13)14)57-51-44-54-55(63(17,18)41-40-62(54,15)16)45-56(51)67-58(57)64-48(22-4)31-26-36-59(9,10)37-33-46(6)7/h20-23,25-26,28,30-32,34-35,42-47,50,52-53,65H,2,5,19,24,27,29,33,36-41H2,1,3-4,6-18H3/b28-21+,30-25+,31-26-,42-34+,43-35+,48-22+,49-32+. The molecule has 4 heteroatoms. The predicted molar refractivity (Wildman–Crippen MR) is 305 cm³/mol. The number of benzene rings is 1. The number of nitrogens with zero attached hydrogens (tertiary/aromatic N) is 1. The SMILES string of the molecule is C=CCC(/C=C/N/C=C/C1C(/C=C/C)C(C)(C)CCC1(C)C)N(/C(C=C)=C/C=C/C(C)CCCC)c1c([B]C(/C=C\CC(C)(C)CCC(C)C)=C/C)sc2cc3c(cc12)C(C)(C)CCC3(C)C. The van der Waals surface area contributed by atoms with Crippen molar-refractivity contribution in [1.82, 2.24) is 5.32 Å². The lowest BCUT2D eigenvalue weighted by molar-refractivity contribution is 0.0342. The average molecular weight is 924 g/mol. The van der Waals surface area contributed by atoms with Crippen molar-refractivity contribution >= 4 is 39.2 Å². The molecular weight excluding hydrogens is 828 g/mol. The van der Waals surface area contributed by atoms with Crippen LogP contribution in [0.15, 0.2) is 122 Å². The van der Waals surface area contributed by atoms with Crippen LogP contribution >= 0.6 is 11.3 Å². The quantitative estimate of drug-likeness (QED) is 0.0641. The Morgan fingerprint density at radius 1 is 0.881 bits per heavy atom. The fourth-order valence-corrected chi connectivity index (χ4v) is 11.8. The van der Waals surface area contributed by atoms with Gasteiger partial charge < -0.3 is 10.2 Å². The van der Waals surface area contributed by atoms with Crippen LogP contribution in [-0.4, -0.2) is 13.3 Å². The zero-order chi connectivity index (χ0) is 49.8. The number of hydrogen-bond acceptors (Lipinski definition) is 3. The molecule has 1 aromatic heterocycles. The largest absolute Gasteiger partial charge is 0.368 e. The Labute approximate surface area is 418 Å². The summed E-state index contributed by atoms with van der Waals surface area (Å²) in [5.41, 5.74) is 7.47. The molecule has 4 atom stereocenters. The Bertz CT molecular complexity index is 2150. The fourth-order valence-electron chi connectivity index (χ4n) is 10.6. The zero-order valence-electron chi connectivity index (χ0n) is 45.7. The van der Waals surface area contributed by atoms with E-state index in [4.69, 9.17) is 0 Å². The second-order valence-electron chi connectivity index (χ2n) is 24.3. The van der Waals surface area contributed by atoms with E-state index in [1.54, 1.807) is 0 Å². The van der Waals surface area contributed by atoms with E-state index < -0.39 is 0 Å². The van der Waals surface area contributed by atoms with Crippen LogP contribution in [-0.2, 0) is 10.8 Å². The second kappa shape index (κ2) is 24.4. The molecule has 0 saturated heterocycles. The highest BCUT2D eigenvalue weighted by Gasteiger charge is 2.45. The summed E-state index contributed by atoms with van der Waals surface area (Å²) < 4.78 is 2.61. The number of thiophene rings is 1. The molecule has 0 spiro atoms. The summed E-state index contributed by atoms with van der Waals surface area (Å²) >= 11 is 1.94. The van der Waals surface area contributed by atoms with E-state index in [1.165, 1.54) is 94.9 Å². The first-order valence-corrected chi connectivity index (χ1v) is 27.2. The van der Waals surface area contributed by atoms with Crippen LogP contribution < -0.4 is 15.0 Å². The van der Waals surface area contributed by atoms with Gasteiger partial charge in [0.05, 0.1) is 11.7 Å². The van der Waals surface area contributed by atoms with Gasteiger partial charge >= 0.3 is 0 Å². The van der Waals surface area contributed by atoms with Crippen LogP contribution in [0.5, 0.6) is 0 Å². The van der Waals surface area contributed by atoms with E-state index in [0.717, 1.165) is 24.5 Å². The number of hydrogen-bond donors (Lipinski definition) is 1. The number of fused-ring (bicyclic) bond motifs is 2. The molecule has 0 amide bonds. The van der Waals surface area contributed by atoms with E-state index >= 15 is 0 Å². The van der Waals surface area contributed by atoms with Gasteiger partial charge in [-0.2, -0.15) is 0 Å². The number of anilines is 1. The molecule has 1 heterocycles. The third kappa shape index (κ3) is 15.0. The van der Waals surface area contributed by atoms with Gasteiger partial charge in [-0.3, -0.25) is 0 Å². The van der Waals surface area contributed by atoms with E-state index in [0.29, 0.717) is 17.8 Å². The minimum Gasteiger partial charge on any atom is -0.368 e. The lowest BCUT2D eigenvalue weighted by Gasteiger charge is -2.50. The molecule has 4 unspecified atom stereocenters. The van der Waals surface area contributed by atoms with Crippen LogP contribution in [0.1, 0.15) is 193 Å². The van der Waals surface area contributed by atoms with Gasteiger partial charge in [-0.05, 0) is 175 Å². The summed E-state index contributed by atoms with van der Waals surface area (Å²) in [4.78, 5) is 2.58. The minimum absolute atomic E-state index is 0.0359. The molecule has 4 rings (SSSR count). The van der Waals surface area contributed by atoms with Gasteiger partial charge in [-0.25, -0.2) is 0 Å². The monoisotopic (exact) mass is 924 g/mol. The predicted octanol–water partition coefficient (Wildman–Crippen LogP) is 18.4. The number of rotatable bonds is 24. The van der Waals surface area contributed by atoms with Crippen LogP contribution in [0, 0.1) is 39.9 Å². The first kappa shape index (κ1) is 56.1. The van der Waals surface area contributed by atoms with Gasteiger partial charge in [-0.15, -0.1) is 17.9 Å². The maximum atomic E-state index is 4.52. The number of nitrogens with one attached hydrogen (secondary N) is 1. The molecule has 0 bridgehead atoms. The first-order valence-electron chi connectivity index (χ1n) is 26.4. The molecule has 2 aromatic rings. The van der Waals surface area contributed by atoms with E-state index in [-0.39, 0.29) is 33.1 Å². The van der Waals surface area contributed by atoms with Crippen molar-refractivity contribution in [2.75, 3.05) is 4.90 Å². The van der Waals surface area contributed by atoms with Crippen molar-refractivity contribution in [1.29, 1.82) is 0 Å². The van der Waals surface area contributed by atoms with Crippen molar-refractivity contribution in [3.8, 4) is 0 Å². The van der Waals surface area contributed by atoms with Gasteiger partial charge in [-0.1, -0.05) is 183 Å². The Kier molecular flexibility index (Phi) is 20.4. The lowest BCUT2D eigenvalue weighted by atomic mass is 9.54. The van der Waals surface area contributed by atoms with Gasteiger partial charge in [0.2, 0.25) is 7.28 Å². The third-order valence-corrected chi connectivity index (χ3v) is 16.8. The number of unbranched alkanes of at least 4 members (excludes halogenated alkanes) is 1. The van der Waals surface area contributed by atoms with E-state index in [1.807, 2.05) is 11.3 Å². The van der Waals surface area contributed by atoms with Gasteiger partial charge in [0.25, 0.3) is 0 Å². The first-order chi connectivity index (χ1) is 31.5. The minimum atomic E-state index is -0.0359. The smallest absolute Gasteiger partial charge is 0.207 e. The molecule has 67 heavy (non-hydrogen) atoms. The van der Waals surface area contributed by atoms with Crippen LogP contribution in [0.4, 0.5) is 5.69 Å². The summed E-state index contributed by atoms with van der Waals surface area (Å²) in [7, 11) is 2.45. The molecule has 1 N–H and O–H groups in total. The van der Waals surface area contributed by atoms with Gasteiger partial charge in [0.15, 0.2) is 0 Å². The van der Waals surface area contributed by atoms with Crippen molar-refractivity contribution in [2.24, 2.45) is 39.9 Å². The Morgan fingerprint density at radius 2 is 1.52 bits per heavy atom. The van der Waals surface area contributed by atoms with E-state index in [2.05, 4.69) is 239 Å². The van der Waals surface area contributed by atoms with Crippen molar-refractivity contribution < 1.29 is 0 Å². The Hall–Kier alpha value is -3.50. The average Bonchev–Trinajstić information content (AvgIpc) is 3.61. The molecule has 2 nitrogen and oxygen atoms in total. The van der Waals surface area contributed by atoms with Crippen LogP contribution in [0.2, 0.25) is 0 Å². The Morgan fingerprint density at radius 3 is 2.10 bits per heavy atom. The molecule has 367 valence electrons. The summed E-state index contributed by atoms with van der Waals surface area (Å²) in [5, 5.41) is 4.97. The molecule has 1 fully saturated rings. The molecule has 1 aromatic carbocycles. The van der Waals surface area contributed by atoms with Crippen molar-refractivity contribution in [2.45, 2.75) is 198 Å². The molecular formula is C63H96BN2S. The second-order valence-corrected chi connectivity index (χ2v) is 25.4. The highest BCUT2D eigenvalue weighted by atomic mass is 32.1. The summed E-state index contributed by atoms with van der Waals surface area (Å²) in [6.07, 6.45) is 44.8. The Balaban J connectivity index is 1.94. The molecule has 2 aliphatic carbocycles. The molecule has 2 aliphatic rings. The maximum absolute atomic E-state index is 4.52. The maximum Gasteiger partial charge on any atom is 0.207 e. The van der Waals surface area contributed by atoms with Gasteiger partial charge in [0.1, 0.15) is 0 Å². The molecule has 1 radical (unpaired) electrons. The lowest BCUT2D eigenvalue weighted by Crippen LogP contribution is -2.42. The molecule has 0 aliphatic heterocycles. The normalized spacial score (nSPS) is 21.8. The van der Waals surface area contributed by atoms with Gasteiger partial charge in [0, 0.05) is 15.8 Å².